The van der Waals surface area contributed by atoms with Gasteiger partial charge in [-0.2, -0.15) is 0 Å². The third kappa shape index (κ3) is 5.35. The minimum absolute atomic E-state index is 0.319. The van der Waals surface area contributed by atoms with Crippen LogP contribution < -0.4 is 4.74 Å². The number of hydrogen-bond acceptors (Lipinski definition) is 9. The van der Waals surface area contributed by atoms with Crippen LogP contribution in [-0.2, 0) is 28.6 Å². The molecule has 2 heterocycles. The van der Waals surface area contributed by atoms with E-state index in [4.69, 9.17) is 18.9 Å². The Morgan fingerprint density at radius 1 is 1.04 bits per heavy atom. The molecule has 0 amide bonds. The molecule has 0 bridgehead atoms. The summed E-state index contributed by atoms with van der Waals surface area (Å²) in [4.78, 5) is 38.6. The second kappa shape index (κ2) is 8.88. The molecule has 1 aromatic rings. The molecular formula is C17H21NO7S. The van der Waals surface area contributed by atoms with Crippen LogP contribution in [0.4, 0.5) is 0 Å². The Kier molecular flexibility index (Phi) is 6.84. The maximum Gasteiger partial charge on any atom is 0.303 e. The van der Waals surface area contributed by atoms with Crippen molar-refractivity contribution in [1.29, 1.82) is 0 Å². The number of ether oxygens (including phenoxy) is 4. The first-order valence-corrected chi connectivity index (χ1v) is 9.04. The lowest BCUT2D eigenvalue weighted by Crippen LogP contribution is -2.55. The predicted molar refractivity (Wildman–Crippen MR) is 92.5 cm³/mol. The van der Waals surface area contributed by atoms with Crippen molar-refractivity contribution < 1.29 is 33.3 Å². The summed E-state index contributed by atoms with van der Waals surface area (Å²) in [6.07, 6.45) is -1.03. The van der Waals surface area contributed by atoms with Gasteiger partial charge in [-0.15, -0.1) is 11.8 Å². The maximum atomic E-state index is 11.6. The summed E-state index contributed by atoms with van der Waals surface area (Å²) in [6.45, 7) is 5.53. The molecule has 1 saturated heterocycles. The molecule has 142 valence electrons. The molecule has 0 aliphatic carbocycles. The molecule has 0 radical (unpaired) electrons. The lowest BCUT2D eigenvalue weighted by atomic mass is 10.1. The van der Waals surface area contributed by atoms with Gasteiger partial charge >= 0.3 is 17.9 Å². The Labute approximate surface area is 155 Å². The van der Waals surface area contributed by atoms with Crippen molar-refractivity contribution in [2.24, 2.45) is 0 Å². The Balaban J connectivity index is 2.29. The largest absolute Gasteiger partial charge is 0.474 e. The van der Waals surface area contributed by atoms with E-state index in [-0.39, 0.29) is 0 Å². The molecule has 2 rings (SSSR count). The van der Waals surface area contributed by atoms with Gasteiger partial charge < -0.3 is 18.9 Å². The topological polar surface area (TPSA) is 101 Å². The summed E-state index contributed by atoms with van der Waals surface area (Å²) >= 11 is 1.30. The smallest absolute Gasteiger partial charge is 0.303 e. The van der Waals surface area contributed by atoms with Gasteiger partial charge in [-0.05, 0) is 19.1 Å². The van der Waals surface area contributed by atoms with Crippen molar-refractivity contribution in [3.8, 4) is 5.75 Å². The van der Waals surface area contributed by atoms with Gasteiger partial charge in [0.05, 0.1) is 5.69 Å². The van der Waals surface area contributed by atoms with Crippen molar-refractivity contribution in [2.75, 3.05) is 5.75 Å². The van der Waals surface area contributed by atoms with Crippen LogP contribution >= 0.6 is 11.8 Å². The number of esters is 3. The molecule has 0 aromatic carbocycles. The molecule has 8 nitrogen and oxygen atoms in total. The number of rotatable bonds is 5. The molecule has 0 saturated carbocycles. The second-order valence-electron chi connectivity index (χ2n) is 5.70. The number of hydrogen-bond donors (Lipinski definition) is 0. The fraction of sp³-hybridized carbons (Fsp3) is 0.529. The fourth-order valence-corrected chi connectivity index (χ4v) is 3.74. The monoisotopic (exact) mass is 383 g/mol. The highest BCUT2D eigenvalue weighted by Gasteiger charge is 2.47. The van der Waals surface area contributed by atoms with Gasteiger partial charge in [0.2, 0.25) is 0 Å². The minimum Gasteiger partial charge on any atom is -0.474 e. The molecule has 0 unspecified atom stereocenters. The number of thioether (sulfide) groups is 1. The molecule has 1 aliphatic rings. The Bertz CT molecular complexity index is 681. The van der Waals surface area contributed by atoms with Crippen LogP contribution in [0.2, 0.25) is 0 Å². The van der Waals surface area contributed by atoms with Crippen molar-refractivity contribution in [2.45, 2.75) is 51.4 Å². The lowest BCUT2D eigenvalue weighted by Gasteiger charge is -2.40. The zero-order valence-corrected chi connectivity index (χ0v) is 15.8. The zero-order valence-electron chi connectivity index (χ0n) is 15.0. The SMILES string of the molecule is CC(=O)O[C@@H]1[C@@H](OC(C)=O)[C@H](OC(C)=O)CS[C@H]1Oc1cccnc1C. The van der Waals surface area contributed by atoms with Crippen LogP contribution in [0.1, 0.15) is 26.5 Å². The van der Waals surface area contributed by atoms with Gasteiger partial charge in [0.25, 0.3) is 0 Å². The van der Waals surface area contributed by atoms with Crippen molar-refractivity contribution in [3.63, 3.8) is 0 Å². The maximum absolute atomic E-state index is 11.6. The van der Waals surface area contributed by atoms with Crippen LogP contribution in [0.25, 0.3) is 0 Å². The van der Waals surface area contributed by atoms with Gasteiger partial charge in [0, 0.05) is 32.7 Å². The molecule has 4 atom stereocenters. The van der Waals surface area contributed by atoms with Gasteiger partial charge in [-0.25, -0.2) is 0 Å². The molecular weight excluding hydrogens is 362 g/mol. The van der Waals surface area contributed by atoms with E-state index >= 15 is 0 Å². The predicted octanol–water partition coefficient (Wildman–Crippen LogP) is 1.64. The van der Waals surface area contributed by atoms with E-state index in [0.29, 0.717) is 17.2 Å². The van der Waals surface area contributed by atoms with Crippen molar-refractivity contribution in [1.82, 2.24) is 4.98 Å². The van der Waals surface area contributed by atoms with E-state index in [1.54, 1.807) is 25.3 Å². The van der Waals surface area contributed by atoms with Crippen molar-refractivity contribution in [3.05, 3.63) is 24.0 Å². The lowest BCUT2D eigenvalue weighted by molar-refractivity contribution is -0.186. The molecule has 26 heavy (non-hydrogen) atoms. The molecule has 0 N–H and O–H groups in total. The number of aryl methyl sites for hydroxylation is 1. The summed E-state index contributed by atoms with van der Waals surface area (Å²) in [5, 5.41) is 0. The summed E-state index contributed by atoms with van der Waals surface area (Å²) in [5.41, 5.74) is 0.0128. The van der Waals surface area contributed by atoms with E-state index < -0.39 is 41.7 Å². The van der Waals surface area contributed by atoms with Crippen molar-refractivity contribution >= 4 is 29.7 Å². The first-order valence-electron chi connectivity index (χ1n) is 7.99. The standard InChI is InChI=1S/C17H21NO7S/c1-9-13(6-5-7-18-9)25-17-16(24-12(4)21)15(23-11(3)20)14(8-26-17)22-10(2)19/h5-7,14-17H,8H2,1-4H3/t14-,15+,16-,17-/m1/s1. The third-order valence-electron chi connectivity index (χ3n) is 3.51. The molecule has 0 spiro atoms. The van der Waals surface area contributed by atoms with Gasteiger partial charge in [-0.1, -0.05) is 0 Å². The van der Waals surface area contributed by atoms with Gasteiger partial charge in [0.15, 0.2) is 23.7 Å². The number of aromatic nitrogens is 1. The Hall–Kier alpha value is -2.29. The van der Waals surface area contributed by atoms with E-state index in [9.17, 15) is 14.4 Å². The summed E-state index contributed by atoms with van der Waals surface area (Å²) in [5.74, 6) is -0.814. The van der Waals surface area contributed by atoms with E-state index in [2.05, 4.69) is 4.98 Å². The number of pyridine rings is 1. The number of carbonyl (C=O) groups is 3. The minimum atomic E-state index is -0.969. The molecule has 1 fully saturated rings. The summed E-state index contributed by atoms with van der Waals surface area (Å²) in [6, 6.07) is 3.47. The summed E-state index contributed by atoms with van der Waals surface area (Å²) < 4.78 is 21.9. The molecule has 1 aromatic heterocycles. The Morgan fingerprint density at radius 3 is 2.23 bits per heavy atom. The quantitative estimate of drug-likeness (QED) is 0.554. The highest BCUT2D eigenvalue weighted by molar-refractivity contribution is 7.99. The van der Waals surface area contributed by atoms with E-state index in [1.165, 1.54) is 32.5 Å². The van der Waals surface area contributed by atoms with Crippen LogP contribution in [0, 0.1) is 6.92 Å². The first-order chi connectivity index (χ1) is 12.3. The third-order valence-corrected chi connectivity index (χ3v) is 4.72. The fourth-order valence-electron chi connectivity index (χ4n) is 2.53. The van der Waals surface area contributed by atoms with Crippen LogP contribution in [0.15, 0.2) is 18.3 Å². The van der Waals surface area contributed by atoms with Crippen LogP contribution in [-0.4, -0.2) is 52.4 Å². The van der Waals surface area contributed by atoms with Gasteiger partial charge in [0.1, 0.15) is 5.75 Å². The first kappa shape index (κ1) is 20.0. The van der Waals surface area contributed by atoms with Crippen LogP contribution in [0.3, 0.4) is 0 Å². The van der Waals surface area contributed by atoms with Gasteiger partial charge in [-0.3, -0.25) is 19.4 Å². The number of nitrogens with zero attached hydrogens (tertiary/aromatic N) is 1. The Morgan fingerprint density at radius 2 is 1.65 bits per heavy atom. The number of carbonyl (C=O) groups excluding carboxylic acids is 3. The van der Waals surface area contributed by atoms with E-state index in [0.717, 1.165) is 0 Å². The highest BCUT2D eigenvalue weighted by Crippen LogP contribution is 2.34. The average molecular weight is 383 g/mol. The highest BCUT2D eigenvalue weighted by atomic mass is 32.2. The average Bonchev–Trinajstić information content (AvgIpc) is 2.53. The summed E-state index contributed by atoms with van der Waals surface area (Å²) in [7, 11) is 0. The van der Waals surface area contributed by atoms with Crippen LogP contribution in [0.5, 0.6) is 5.75 Å². The zero-order chi connectivity index (χ0) is 19.3. The van der Waals surface area contributed by atoms with E-state index in [1.807, 2.05) is 0 Å². The normalized spacial score (nSPS) is 25.1. The molecule has 9 heteroatoms. The second-order valence-corrected chi connectivity index (χ2v) is 6.83. The molecule has 1 aliphatic heterocycles.